The monoisotopic (exact) mass is 390 g/mol. The van der Waals surface area contributed by atoms with Gasteiger partial charge < -0.3 is 10.1 Å². The number of aryl methyl sites for hydroxylation is 1. The zero-order valence-corrected chi connectivity index (χ0v) is 14.7. The Kier molecular flexibility index (Phi) is 3.88. The van der Waals surface area contributed by atoms with Crippen molar-refractivity contribution in [2.24, 2.45) is 0 Å². The van der Waals surface area contributed by atoms with Crippen molar-refractivity contribution >= 4 is 23.1 Å². The number of fused-ring (bicyclic) bond motifs is 2. The third-order valence-electron chi connectivity index (χ3n) is 4.75. The summed E-state index contributed by atoms with van der Waals surface area (Å²) in [5, 5.41) is 6.54. The van der Waals surface area contributed by atoms with Crippen molar-refractivity contribution < 1.29 is 27.5 Å². The molecule has 1 aliphatic rings. The molecule has 7 nitrogen and oxygen atoms in total. The summed E-state index contributed by atoms with van der Waals surface area (Å²) >= 11 is 0. The number of rotatable bonds is 2. The van der Waals surface area contributed by atoms with Crippen LogP contribution in [0.2, 0.25) is 0 Å². The van der Waals surface area contributed by atoms with E-state index in [0.29, 0.717) is 22.3 Å². The number of carbonyl (C=O) groups excluding carboxylic acids is 2. The molecule has 144 valence electrons. The molecule has 3 aromatic rings. The molecule has 1 N–H and O–H groups in total. The van der Waals surface area contributed by atoms with E-state index in [1.807, 2.05) is 0 Å². The summed E-state index contributed by atoms with van der Waals surface area (Å²) in [5.74, 6) is -2.00. The lowest BCUT2D eigenvalue weighted by atomic mass is 9.94. The van der Waals surface area contributed by atoms with E-state index in [-0.39, 0.29) is 11.3 Å². The van der Waals surface area contributed by atoms with E-state index < -0.39 is 29.5 Å². The number of esters is 1. The van der Waals surface area contributed by atoms with Gasteiger partial charge in [0.1, 0.15) is 12.2 Å². The summed E-state index contributed by atoms with van der Waals surface area (Å²) in [6.07, 6.45) is -1.84. The van der Waals surface area contributed by atoms with Gasteiger partial charge in [0.2, 0.25) is 5.91 Å². The van der Waals surface area contributed by atoms with Crippen LogP contribution in [0, 0.1) is 6.92 Å². The van der Waals surface area contributed by atoms with Crippen LogP contribution in [0.25, 0.3) is 5.52 Å². The Morgan fingerprint density at radius 3 is 2.75 bits per heavy atom. The number of halogens is 3. The maximum atomic E-state index is 13.0. The minimum Gasteiger partial charge on any atom is -0.465 e. The molecule has 1 aromatic carbocycles. The van der Waals surface area contributed by atoms with Crippen LogP contribution in [0.15, 0.2) is 30.7 Å². The first-order valence-corrected chi connectivity index (χ1v) is 8.15. The van der Waals surface area contributed by atoms with Crippen molar-refractivity contribution in [1.82, 2.24) is 14.6 Å². The fourth-order valence-electron chi connectivity index (χ4n) is 3.43. The van der Waals surface area contributed by atoms with E-state index in [2.05, 4.69) is 15.4 Å². The number of hydrogen-bond donors (Lipinski definition) is 1. The number of aromatic nitrogens is 3. The molecule has 0 fully saturated rings. The molecule has 1 aliphatic heterocycles. The fraction of sp³-hybridized carbons (Fsp3) is 0.222. The largest absolute Gasteiger partial charge is 0.465 e. The number of alkyl halides is 3. The standard InChI is InChI=1S/C18H13F3N4O3/c1-8-11(17(27)28-2)6-25-15(8)14(22-7-23-25)13-10-4-3-9(18(19,20)21)5-12(10)24-16(13)26/h3-7,13H,1-2H3,(H,24,26). The first-order chi connectivity index (χ1) is 13.2. The van der Waals surface area contributed by atoms with Crippen molar-refractivity contribution in [2.75, 3.05) is 12.4 Å². The average Bonchev–Trinajstić information content (AvgIpc) is 3.16. The second-order valence-electron chi connectivity index (χ2n) is 6.32. The maximum absolute atomic E-state index is 13.0. The lowest BCUT2D eigenvalue weighted by molar-refractivity contribution is -0.137. The van der Waals surface area contributed by atoms with Crippen LogP contribution in [0.3, 0.4) is 0 Å². The number of nitrogens with zero attached hydrogens (tertiary/aromatic N) is 3. The summed E-state index contributed by atoms with van der Waals surface area (Å²) in [4.78, 5) is 28.8. The van der Waals surface area contributed by atoms with E-state index >= 15 is 0 Å². The van der Waals surface area contributed by atoms with Gasteiger partial charge in [-0.2, -0.15) is 18.3 Å². The molecule has 2 aromatic heterocycles. The third kappa shape index (κ3) is 2.60. The highest BCUT2D eigenvalue weighted by Crippen LogP contribution is 2.41. The number of methoxy groups -OCH3 is 1. The van der Waals surface area contributed by atoms with Crippen LogP contribution < -0.4 is 5.32 Å². The highest BCUT2D eigenvalue weighted by molar-refractivity contribution is 6.06. The van der Waals surface area contributed by atoms with Crippen molar-refractivity contribution in [1.29, 1.82) is 0 Å². The summed E-state index contributed by atoms with van der Waals surface area (Å²) in [6, 6.07) is 3.09. The topological polar surface area (TPSA) is 85.6 Å². The van der Waals surface area contributed by atoms with Crippen LogP contribution in [0.5, 0.6) is 0 Å². The van der Waals surface area contributed by atoms with Crippen LogP contribution in [-0.2, 0) is 15.7 Å². The lowest BCUT2D eigenvalue weighted by Crippen LogP contribution is -2.16. The SMILES string of the molecule is COC(=O)c1cn2ncnc(C3C(=O)Nc4cc(C(F)(F)F)ccc43)c2c1C. The number of benzene rings is 1. The van der Waals surface area contributed by atoms with Crippen molar-refractivity contribution in [3.05, 3.63) is 58.7 Å². The second kappa shape index (κ2) is 6.04. The average molecular weight is 390 g/mol. The first kappa shape index (κ1) is 18.0. The fourth-order valence-corrected chi connectivity index (χ4v) is 3.43. The number of ether oxygens (including phenoxy) is 1. The van der Waals surface area contributed by atoms with Crippen LogP contribution in [0.4, 0.5) is 18.9 Å². The number of amides is 1. The minimum atomic E-state index is -4.52. The van der Waals surface area contributed by atoms with Gasteiger partial charge >= 0.3 is 12.1 Å². The normalized spacial score (nSPS) is 16.2. The summed E-state index contributed by atoms with van der Waals surface area (Å²) in [6.45, 7) is 1.66. The molecular weight excluding hydrogens is 377 g/mol. The third-order valence-corrected chi connectivity index (χ3v) is 4.75. The quantitative estimate of drug-likeness (QED) is 0.680. The summed E-state index contributed by atoms with van der Waals surface area (Å²) in [7, 11) is 1.25. The number of hydrogen-bond acceptors (Lipinski definition) is 5. The molecule has 10 heteroatoms. The van der Waals surface area contributed by atoms with Crippen molar-refractivity contribution in [3.8, 4) is 0 Å². The first-order valence-electron chi connectivity index (χ1n) is 8.15. The molecule has 3 heterocycles. The van der Waals surface area contributed by atoms with Gasteiger partial charge in [0.15, 0.2) is 0 Å². The maximum Gasteiger partial charge on any atom is 0.416 e. The number of carbonyl (C=O) groups is 2. The molecule has 0 bridgehead atoms. The molecule has 0 spiro atoms. The molecule has 1 atom stereocenters. The van der Waals surface area contributed by atoms with Gasteiger partial charge in [0.25, 0.3) is 0 Å². The Morgan fingerprint density at radius 2 is 2.07 bits per heavy atom. The van der Waals surface area contributed by atoms with E-state index in [0.717, 1.165) is 12.1 Å². The molecule has 0 saturated carbocycles. The van der Waals surface area contributed by atoms with Crippen LogP contribution >= 0.6 is 0 Å². The predicted molar refractivity (Wildman–Crippen MR) is 91.0 cm³/mol. The molecule has 0 aliphatic carbocycles. The minimum absolute atomic E-state index is 0.0824. The van der Waals surface area contributed by atoms with Gasteiger partial charge in [-0.15, -0.1) is 0 Å². The molecule has 0 radical (unpaired) electrons. The number of anilines is 1. The lowest BCUT2D eigenvalue weighted by Gasteiger charge is -2.12. The van der Waals surface area contributed by atoms with Gasteiger partial charge in [0, 0.05) is 11.9 Å². The highest BCUT2D eigenvalue weighted by atomic mass is 19.4. The van der Waals surface area contributed by atoms with E-state index in [1.165, 1.54) is 30.2 Å². The van der Waals surface area contributed by atoms with Gasteiger partial charge in [-0.1, -0.05) is 6.07 Å². The van der Waals surface area contributed by atoms with E-state index in [4.69, 9.17) is 4.74 Å². The Bertz CT molecular complexity index is 1140. The highest BCUT2D eigenvalue weighted by Gasteiger charge is 2.38. The molecule has 4 rings (SSSR count). The number of nitrogens with one attached hydrogen (secondary N) is 1. The van der Waals surface area contributed by atoms with E-state index in [9.17, 15) is 22.8 Å². The van der Waals surface area contributed by atoms with Gasteiger partial charge in [-0.05, 0) is 30.2 Å². The Morgan fingerprint density at radius 1 is 1.32 bits per heavy atom. The van der Waals surface area contributed by atoms with Crippen molar-refractivity contribution in [2.45, 2.75) is 19.0 Å². The smallest absolute Gasteiger partial charge is 0.416 e. The zero-order valence-electron chi connectivity index (χ0n) is 14.7. The van der Waals surface area contributed by atoms with Gasteiger partial charge in [0.05, 0.1) is 29.4 Å². The van der Waals surface area contributed by atoms with Gasteiger partial charge in [-0.25, -0.2) is 14.3 Å². The molecular formula is C18H13F3N4O3. The summed E-state index contributed by atoms with van der Waals surface area (Å²) in [5.41, 5.74) is 1.09. The van der Waals surface area contributed by atoms with E-state index in [1.54, 1.807) is 6.92 Å². The predicted octanol–water partition coefficient (Wildman–Crippen LogP) is 2.93. The Labute approximate surface area is 156 Å². The molecule has 1 amide bonds. The van der Waals surface area contributed by atoms with Crippen LogP contribution in [0.1, 0.15) is 38.7 Å². The van der Waals surface area contributed by atoms with Crippen molar-refractivity contribution in [3.63, 3.8) is 0 Å². The molecule has 28 heavy (non-hydrogen) atoms. The second-order valence-corrected chi connectivity index (χ2v) is 6.32. The molecule has 0 saturated heterocycles. The van der Waals surface area contributed by atoms with Gasteiger partial charge in [-0.3, -0.25) is 4.79 Å². The molecule has 1 unspecified atom stereocenters. The summed E-state index contributed by atoms with van der Waals surface area (Å²) < 4.78 is 45.0. The Balaban J connectivity index is 1.89. The zero-order chi connectivity index (χ0) is 20.2. The van der Waals surface area contributed by atoms with Crippen LogP contribution in [-0.4, -0.2) is 33.6 Å². The Hall–Kier alpha value is -3.43.